The number of aliphatic imine (C=N–C) groups is 1. The Hall–Kier alpha value is -2.10. The minimum atomic E-state index is -0.0144. The van der Waals surface area contributed by atoms with Crippen molar-refractivity contribution in [3.63, 3.8) is 0 Å². The number of benzene rings is 1. The molecule has 1 N–H and O–H groups in total. The molecule has 4 heteroatoms. The van der Waals surface area contributed by atoms with Gasteiger partial charge < -0.3 is 10.2 Å². The molecule has 0 radical (unpaired) electrons. The van der Waals surface area contributed by atoms with E-state index in [2.05, 4.69) is 48.1 Å². The molecule has 0 unspecified atom stereocenters. The molecule has 0 bridgehead atoms. The lowest BCUT2D eigenvalue weighted by atomic mass is 9.92. The molecule has 2 rings (SSSR count). The number of rotatable bonds is 8. The van der Waals surface area contributed by atoms with Crippen LogP contribution in [0.15, 0.2) is 29.3 Å². The summed E-state index contributed by atoms with van der Waals surface area (Å²) >= 11 is 0. The number of aryl methyl sites for hydroxylation is 1. The average molecular weight is 384 g/mol. The van der Waals surface area contributed by atoms with Gasteiger partial charge in [0.25, 0.3) is 5.91 Å². The van der Waals surface area contributed by atoms with Gasteiger partial charge in [-0.15, -0.1) is 0 Å². The first kappa shape index (κ1) is 22.2. The minimum Gasteiger partial charge on any atom is -0.369 e. The summed E-state index contributed by atoms with van der Waals surface area (Å²) in [6, 6.07) is 4.94. The molecule has 0 aromatic heterocycles. The number of nitrogens with zero attached hydrogens (tertiary/aromatic N) is 2. The lowest BCUT2D eigenvalue weighted by Crippen LogP contribution is -2.38. The second kappa shape index (κ2) is 11.0. The molecule has 154 valence electrons. The maximum absolute atomic E-state index is 13.0. The Bertz CT molecular complexity index is 715. The monoisotopic (exact) mass is 383 g/mol. The van der Waals surface area contributed by atoms with E-state index in [0.29, 0.717) is 12.6 Å². The Balaban J connectivity index is 2.31. The molecular formula is C24H37N3O. The Labute approximate surface area is 171 Å². The third-order valence-corrected chi connectivity index (χ3v) is 5.83. The molecule has 1 amide bonds. The molecule has 0 spiro atoms. The molecule has 1 aliphatic carbocycles. The van der Waals surface area contributed by atoms with E-state index in [1.807, 2.05) is 19.1 Å². The van der Waals surface area contributed by atoms with Gasteiger partial charge in [0.15, 0.2) is 0 Å². The largest absolute Gasteiger partial charge is 0.369 e. The van der Waals surface area contributed by atoms with Crippen LogP contribution in [0.3, 0.4) is 0 Å². The smallest absolute Gasteiger partial charge is 0.251 e. The van der Waals surface area contributed by atoms with Crippen molar-refractivity contribution >= 4 is 17.3 Å². The Morgan fingerprint density at radius 1 is 1.25 bits per heavy atom. The van der Waals surface area contributed by atoms with Crippen molar-refractivity contribution in [3.8, 4) is 0 Å². The van der Waals surface area contributed by atoms with Crippen molar-refractivity contribution < 1.29 is 4.79 Å². The zero-order chi connectivity index (χ0) is 20.5. The summed E-state index contributed by atoms with van der Waals surface area (Å²) in [5.41, 5.74) is 5.20. The van der Waals surface area contributed by atoms with Gasteiger partial charge in [-0.3, -0.25) is 9.79 Å². The van der Waals surface area contributed by atoms with Crippen LogP contribution in [-0.4, -0.2) is 37.8 Å². The first-order valence-electron chi connectivity index (χ1n) is 10.8. The summed E-state index contributed by atoms with van der Waals surface area (Å²) in [4.78, 5) is 19.7. The highest BCUT2D eigenvalue weighted by Crippen LogP contribution is 2.32. The van der Waals surface area contributed by atoms with Crippen LogP contribution in [0.1, 0.15) is 74.4 Å². The predicted molar refractivity (Wildman–Crippen MR) is 121 cm³/mol. The van der Waals surface area contributed by atoms with Gasteiger partial charge in [0, 0.05) is 30.9 Å². The highest BCUT2D eigenvalue weighted by atomic mass is 16.1. The molecule has 1 saturated carbocycles. The average Bonchev–Trinajstić information content (AvgIpc) is 2.73. The lowest BCUT2D eigenvalue weighted by Gasteiger charge is -2.37. The van der Waals surface area contributed by atoms with Crippen LogP contribution in [-0.2, 0) is 6.42 Å². The standard InChI is InChI=1S/C24H37N3O/c1-6-12-20(25-5)17-26-24(28)22-15-19(7-2)16-23(18(22)4)27(8-3)21-13-10-9-11-14-21/h6,12,15-16,21H,7-11,13-14,17H2,1-5H3,(H,26,28)/b12-6-,25-20?. The van der Waals surface area contributed by atoms with Crippen LogP contribution < -0.4 is 10.2 Å². The van der Waals surface area contributed by atoms with E-state index >= 15 is 0 Å². The highest BCUT2D eigenvalue weighted by molar-refractivity contribution is 6.02. The van der Waals surface area contributed by atoms with E-state index < -0.39 is 0 Å². The van der Waals surface area contributed by atoms with Crippen LogP contribution in [0.5, 0.6) is 0 Å². The van der Waals surface area contributed by atoms with E-state index in [1.54, 1.807) is 7.05 Å². The number of anilines is 1. The molecule has 0 atom stereocenters. The molecule has 1 aliphatic rings. The van der Waals surface area contributed by atoms with Gasteiger partial charge in [-0.05, 0) is 69.4 Å². The molecule has 28 heavy (non-hydrogen) atoms. The zero-order valence-electron chi connectivity index (χ0n) is 18.3. The summed E-state index contributed by atoms with van der Waals surface area (Å²) in [6.07, 6.45) is 11.3. The van der Waals surface area contributed by atoms with Gasteiger partial charge >= 0.3 is 0 Å². The summed E-state index contributed by atoms with van der Waals surface area (Å²) in [6.45, 7) is 9.86. The second-order valence-corrected chi connectivity index (χ2v) is 7.62. The number of nitrogens with one attached hydrogen (secondary N) is 1. The zero-order valence-corrected chi connectivity index (χ0v) is 18.3. The summed E-state index contributed by atoms with van der Waals surface area (Å²) in [5.74, 6) is -0.0144. The molecule has 0 heterocycles. The quantitative estimate of drug-likeness (QED) is 0.635. The van der Waals surface area contributed by atoms with Gasteiger partial charge in [-0.1, -0.05) is 32.3 Å². The van der Waals surface area contributed by atoms with Crippen molar-refractivity contribution in [2.75, 3.05) is 25.0 Å². The molecule has 0 aliphatic heterocycles. The molecule has 4 nitrogen and oxygen atoms in total. The minimum absolute atomic E-state index is 0.0144. The van der Waals surface area contributed by atoms with Crippen molar-refractivity contribution in [1.82, 2.24) is 5.32 Å². The molecule has 1 fully saturated rings. The fourth-order valence-corrected chi connectivity index (χ4v) is 4.18. The Kier molecular flexibility index (Phi) is 8.75. The van der Waals surface area contributed by atoms with Gasteiger partial charge in [0.2, 0.25) is 0 Å². The number of hydrogen-bond acceptors (Lipinski definition) is 3. The fraction of sp³-hybridized carbons (Fsp3) is 0.583. The van der Waals surface area contributed by atoms with Crippen LogP contribution >= 0.6 is 0 Å². The van der Waals surface area contributed by atoms with Crippen LogP contribution in [0.4, 0.5) is 5.69 Å². The number of amides is 1. The van der Waals surface area contributed by atoms with Gasteiger partial charge in [-0.25, -0.2) is 0 Å². The normalized spacial score (nSPS) is 15.8. The van der Waals surface area contributed by atoms with Crippen LogP contribution in [0.25, 0.3) is 0 Å². The fourth-order valence-electron chi connectivity index (χ4n) is 4.18. The Morgan fingerprint density at radius 3 is 2.54 bits per heavy atom. The lowest BCUT2D eigenvalue weighted by molar-refractivity contribution is 0.0958. The number of carbonyl (C=O) groups excluding carboxylic acids is 1. The van der Waals surface area contributed by atoms with Crippen molar-refractivity contribution in [3.05, 3.63) is 41.0 Å². The number of carbonyl (C=O) groups is 1. The maximum atomic E-state index is 13.0. The third kappa shape index (κ3) is 5.46. The van der Waals surface area contributed by atoms with Gasteiger partial charge in [-0.2, -0.15) is 0 Å². The number of allylic oxidation sites excluding steroid dienone is 1. The van der Waals surface area contributed by atoms with E-state index in [9.17, 15) is 4.79 Å². The van der Waals surface area contributed by atoms with Crippen molar-refractivity contribution in [2.45, 2.75) is 72.3 Å². The predicted octanol–water partition coefficient (Wildman–Crippen LogP) is 5.09. The van der Waals surface area contributed by atoms with E-state index in [-0.39, 0.29) is 5.91 Å². The summed E-state index contributed by atoms with van der Waals surface area (Å²) in [5, 5.41) is 3.05. The van der Waals surface area contributed by atoms with E-state index in [1.165, 1.54) is 43.4 Å². The van der Waals surface area contributed by atoms with Gasteiger partial charge in [0.05, 0.1) is 12.3 Å². The van der Waals surface area contributed by atoms with Gasteiger partial charge in [0.1, 0.15) is 0 Å². The summed E-state index contributed by atoms with van der Waals surface area (Å²) in [7, 11) is 1.76. The van der Waals surface area contributed by atoms with Crippen molar-refractivity contribution in [2.24, 2.45) is 4.99 Å². The first-order chi connectivity index (χ1) is 13.5. The number of hydrogen-bond donors (Lipinski definition) is 1. The molecular weight excluding hydrogens is 346 g/mol. The van der Waals surface area contributed by atoms with Crippen LogP contribution in [0.2, 0.25) is 0 Å². The van der Waals surface area contributed by atoms with Crippen molar-refractivity contribution in [1.29, 1.82) is 0 Å². The van der Waals surface area contributed by atoms with E-state index in [0.717, 1.165) is 29.8 Å². The third-order valence-electron chi connectivity index (χ3n) is 5.83. The van der Waals surface area contributed by atoms with E-state index in [4.69, 9.17) is 0 Å². The molecule has 1 aromatic rings. The molecule has 0 saturated heterocycles. The molecule has 1 aromatic carbocycles. The van der Waals surface area contributed by atoms with Crippen LogP contribution in [0, 0.1) is 6.92 Å². The highest BCUT2D eigenvalue weighted by Gasteiger charge is 2.24. The first-order valence-corrected chi connectivity index (χ1v) is 10.8. The topological polar surface area (TPSA) is 44.7 Å². The second-order valence-electron chi connectivity index (χ2n) is 7.62. The maximum Gasteiger partial charge on any atom is 0.251 e. The summed E-state index contributed by atoms with van der Waals surface area (Å²) < 4.78 is 0. The SMILES string of the molecule is C/C=C\C(CNC(=O)c1cc(CC)cc(N(CC)C2CCCCC2)c1C)=NC. The Morgan fingerprint density at radius 2 is 1.96 bits per heavy atom.